The number of aliphatic carboxylic acids is 1. The number of amides is 1. The molecule has 0 fully saturated rings. The van der Waals surface area contributed by atoms with Crippen molar-refractivity contribution >= 4 is 29.8 Å². The lowest BCUT2D eigenvalue weighted by Crippen LogP contribution is -2.46. The van der Waals surface area contributed by atoms with Gasteiger partial charge in [-0.25, -0.2) is 0 Å². The normalized spacial score (nSPS) is 12.4. The number of nitrogens with one attached hydrogen (secondary N) is 1. The van der Waals surface area contributed by atoms with E-state index in [2.05, 4.69) is 5.32 Å². The van der Waals surface area contributed by atoms with Gasteiger partial charge in [0.25, 0.3) is 11.7 Å². The molecule has 0 unspecified atom stereocenters. The first-order valence-corrected chi connectivity index (χ1v) is 12.3. The predicted octanol–water partition coefficient (Wildman–Crippen LogP) is 1.60. The zero-order chi connectivity index (χ0) is 30.6. The van der Waals surface area contributed by atoms with E-state index in [9.17, 15) is 22.8 Å². The molecule has 0 saturated heterocycles. The number of benzene rings is 3. The molecule has 5 N–H and O–H groups in total. The number of carboxylic acid groups (broad SMARTS) is 1. The fourth-order valence-electron chi connectivity index (χ4n) is 3.72. The van der Waals surface area contributed by atoms with Crippen LogP contribution in [-0.4, -0.2) is 43.0 Å². The summed E-state index contributed by atoms with van der Waals surface area (Å²) in [6.07, 6.45) is -1.15. The third-order valence-electron chi connectivity index (χ3n) is 5.76. The van der Waals surface area contributed by atoms with Gasteiger partial charge in [0, 0.05) is 5.56 Å². The van der Waals surface area contributed by atoms with Gasteiger partial charge < -0.3 is 20.0 Å². The highest BCUT2D eigenvalue weighted by Gasteiger charge is 2.30. The van der Waals surface area contributed by atoms with Crippen LogP contribution >= 0.6 is 0 Å². The van der Waals surface area contributed by atoms with Crippen molar-refractivity contribution in [2.75, 3.05) is 7.11 Å². The molecule has 0 aliphatic rings. The van der Waals surface area contributed by atoms with E-state index in [1.54, 1.807) is 12.1 Å². The van der Waals surface area contributed by atoms with Crippen LogP contribution in [0.2, 0.25) is 0 Å². The summed E-state index contributed by atoms with van der Waals surface area (Å²) in [4.78, 5) is 34.8. The Kier molecular flexibility index (Phi) is 11.8. The number of alkyl halides is 3. The number of hydrogen-bond acceptors (Lipinski definition) is 5. The summed E-state index contributed by atoms with van der Waals surface area (Å²) in [5.41, 5.74) is 9.73. The first-order chi connectivity index (χ1) is 19.3. The van der Waals surface area contributed by atoms with Crippen molar-refractivity contribution < 1.29 is 42.8 Å². The molecule has 3 aromatic rings. The monoisotopic (exact) mass is 569 g/mol. The molecule has 0 heterocycles. The number of nitrogens with two attached hydrogens (primary N) is 2. The highest BCUT2D eigenvalue weighted by atomic mass is 19.4. The first kappa shape index (κ1) is 32.3. The van der Waals surface area contributed by atoms with Gasteiger partial charge in [0.05, 0.1) is 24.6 Å². The van der Waals surface area contributed by atoms with E-state index >= 15 is 0 Å². The van der Waals surface area contributed by atoms with Gasteiger partial charge in [0.2, 0.25) is 0 Å². The van der Waals surface area contributed by atoms with E-state index in [0.717, 1.165) is 16.7 Å². The van der Waals surface area contributed by atoms with Crippen LogP contribution in [0.5, 0.6) is 0 Å². The van der Waals surface area contributed by atoms with Crippen LogP contribution in [0.1, 0.15) is 32.6 Å². The Morgan fingerprint density at radius 1 is 1.00 bits per heavy atom. The molecule has 216 valence electrons. The standard InChI is InChI=1S/C28H29N3O3.C2HF3O2/c1-19-8-6-13-23(16-19)27(32)31-25(15-14-20-9-4-3-5-10-20)24(28(33)34-2)18-21-11-7-12-22(17-21)26(29)30;3-2(4,5)1(6)7/h3-17,24-25H,18H2,1-2H3,(H3,29,30)(H,31,32);(H,6,7)/b15-14+;/t24-,25-;/m1./s1. The first-order valence-electron chi connectivity index (χ1n) is 12.3. The number of aryl methyl sites for hydroxylation is 1. The smallest absolute Gasteiger partial charge is 0.430 e. The number of rotatable bonds is 9. The van der Waals surface area contributed by atoms with Crippen molar-refractivity contribution in [3.63, 3.8) is 0 Å². The lowest BCUT2D eigenvalue weighted by atomic mass is 9.90. The number of amidine groups is 1. The van der Waals surface area contributed by atoms with E-state index in [1.165, 1.54) is 7.11 Å². The molecule has 0 aliphatic carbocycles. The maximum Gasteiger partial charge on any atom is 0.430 e. The summed E-state index contributed by atoms with van der Waals surface area (Å²) in [7, 11) is 1.34. The minimum absolute atomic E-state index is 0.199. The van der Waals surface area contributed by atoms with Crippen LogP contribution in [0.4, 0.5) is 13.2 Å². The Morgan fingerprint density at radius 3 is 2.17 bits per heavy atom. The number of methoxy groups -OCH3 is 1. The molecule has 0 aliphatic heterocycles. The molecular formula is C30H30F3N3O5. The van der Waals surface area contributed by atoms with Crippen molar-refractivity contribution in [1.29, 1.82) is 0 Å². The summed E-state index contributed by atoms with van der Waals surface area (Å²) in [5, 5.41) is 17.6. The molecule has 0 spiro atoms. The van der Waals surface area contributed by atoms with Gasteiger partial charge in [0.15, 0.2) is 0 Å². The Balaban J connectivity index is 0.000000745. The maximum absolute atomic E-state index is 13.1. The second-order valence-electron chi connectivity index (χ2n) is 8.91. The molecule has 41 heavy (non-hydrogen) atoms. The summed E-state index contributed by atoms with van der Waals surface area (Å²) >= 11 is 0. The Bertz CT molecular complexity index is 1390. The van der Waals surface area contributed by atoms with Crippen molar-refractivity contribution in [3.8, 4) is 0 Å². The minimum atomic E-state index is -5.19. The highest BCUT2D eigenvalue weighted by Crippen LogP contribution is 2.19. The third kappa shape index (κ3) is 10.6. The summed E-state index contributed by atoms with van der Waals surface area (Å²) < 4.78 is 36.7. The van der Waals surface area contributed by atoms with Gasteiger partial charge in [-0.2, -0.15) is 13.2 Å². The van der Waals surface area contributed by atoms with Gasteiger partial charge in [-0.3, -0.25) is 20.7 Å². The van der Waals surface area contributed by atoms with Gasteiger partial charge >= 0.3 is 12.1 Å². The van der Waals surface area contributed by atoms with E-state index in [-0.39, 0.29) is 11.7 Å². The lowest BCUT2D eigenvalue weighted by Gasteiger charge is -2.24. The maximum atomic E-state index is 13.1. The van der Waals surface area contributed by atoms with Crippen LogP contribution < -0.4 is 21.6 Å². The quantitative estimate of drug-likeness (QED) is 0.203. The Morgan fingerprint density at radius 2 is 1.61 bits per heavy atom. The van der Waals surface area contributed by atoms with Crippen molar-refractivity contribution in [3.05, 3.63) is 113 Å². The molecule has 3 aromatic carbocycles. The van der Waals surface area contributed by atoms with E-state index in [4.69, 9.17) is 25.8 Å². The van der Waals surface area contributed by atoms with Gasteiger partial charge in [-0.15, -0.1) is 0 Å². The fraction of sp³-hybridized carbons (Fsp3) is 0.200. The van der Waals surface area contributed by atoms with E-state index < -0.39 is 30.1 Å². The van der Waals surface area contributed by atoms with Crippen LogP contribution in [0.3, 0.4) is 0 Å². The molecular weight excluding hydrogens is 539 g/mol. The number of carbonyl (C=O) groups is 3. The zero-order valence-corrected chi connectivity index (χ0v) is 22.4. The second-order valence-corrected chi connectivity index (χ2v) is 8.91. The van der Waals surface area contributed by atoms with E-state index in [0.29, 0.717) is 17.5 Å². The number of carbonyl (C=O) groups excluding carboxylic acids is 3. The van der Waals surface area contributed by atoms with Crippen LogP contribution in [0, 0.1) is 12.8 Å². The highest BCUT2D eigenvalue weighted by molar-refractivity contribution is 5.95. The molecule has 8 nitrogen and oxygen atoms in total. The topological polar surface area (TPSA) is 147 Å². The van der Waals surface area contributed by atoms with Gasteiger partial charge in [-0.05, 0) is 48.7 Å². The van der Waals surface area contributed by atoms with Crippen molar-refractivity contribution in [2.24, 2.45) is 11.7 Å². The van der Waals surface area contributed by atoms with Crippen LogP contribution in [0.25, 0.3) is 6.08 Å². The van der Waals surface area contributed by atoms with Crippen LogP contribution in [0.15, 0.2) is 84.9 Å². The van der Waals surface area contributed by atoms with Crippen LogP contribution in [-0.2, 0) is 20.7 Å². The molecule has 0 bridgehead atoms. The fourth-order valence-corrected chi connectivity index (χ4v) is 3.72. The Hall–Kier alpha value is -4.93. The van der Waals surface area contributed by atoms with Crippen molar-refractivity contribution in [1.82, 2.24) is 5.32 Å². The van der Waals surface area contributed by atoms with E-state index in [1.807, 2.05) is 85.8 Å². The SMILES string of the molecule is COC(=O)[C@H](Cc1cccc(C(N)=[NH2+])c1)[C@@H](/C=C/c1ccccc1)NC(=O)c1cccc(C)c1.O=C([O-])C(F)(F)F. The number of halogens is 3. The molecule has 0 radical (unpaired) electrons. The molecule has 3 rings (SSSR count). The molecule has 0 saturated carbocycles. The number of ether oxygens (including phenoxy) is 1. The summed E-state index contributed by atoms with van der Waals surface area (Å²) in [5.74, 6) is -4.18. The average Bonchev–Trinajstić information content (AvgIpc) is 2.94. The van der Waals surface area contributed by atoms with Gasteiger partial charge in [0.1, 0.15) is 5.97 Å². The third-order valence-corrected chi connectivity index (χ3v) is 5.76. The number of hydrogen-bond donors (Lipinski definition) is 3. The zero-order valence-electron chi connectivity index (χ0n) is 22.4. The Labute approximate surface area is 235 Å². The van der Waals surface area contributed by atoms with Gasteiger partial charge in [-0.1, -0.05) is 72.3 Å². The second kappa shape index (κ2) is 15.0. The predicted molar refractivity (Wildman–Crippen MR) is 145 cm³/mol. The van der Waals surface area contributed by atoms with Crippen molar-refractivity contribution in [2.45, 2.75) is 25.6 Å². The summed E-state index contributed by atoms with van der Waals surface area (Å²) in [6.45, 7) is 1.92. The summed E-state index contributed by atoms with van der Waals surface area (Å²) in [6, 6.07) is 23.7. The molecule has 1 amide bonds. The molecule has 2 atom stereocenters. The molecule has 11 heteroatoms. The molecule has 0 aromatic heterocycles. The number of carboxylic acids is 1. The largest absolute Gasteiger partial charge is 0.542 e. The average molecular weight is 570 g/mol. The number of esters is 1. The lowest BCUT2D eigenvalue weighted by molar-refractivity contribution is -0.344. The minimum Gasteiger partial charge on any atom is -0.542 e.